The first kappa shape index (κ1) is 14.3. The van der Waals surface area contributed by atoms with Gasteiger partial charge in [-0.15, -0.1) is 0 Å². The molecule has 2 amide bonds. The number of halogens is 1. The summed E-state index contributed by atoms with van der Waals surface area (Å²) < 4.78 is 1.94. The second kappa shape index (κ2) is 5.42. The maximum atomic E-state index is 12.0. The summed E-state index contributed by atoms with van der Waals surface area (Å²) in [5.74, 6) is 0. The van der Waals surface area contributed by atoms with Crippen LogP contribution in [0.2, 0.25) is 5.02 Å². The van der Waals surface area contributed by atoms with Crippen LogP contribution in [0.4, 0.5) is 16.2 Å². The van der Waals surface area contributed by atoms with Gasteiger partial charge in [-0.2, -0.15) is 5.10 Å². The molecule has 4 rings (SSSR count). The minimum atomic E-state index is 0.0309. The molecule has 2 fully saturated rings. The number of carbonyl (C=O) groups is 1. The van der Waals surface area contributed by atoms with E-state index in [1.807, 2.05) is 24.0 Å². The van der Waals surface area contributed by atoms with Crippen molar-refractivity contribution < 1.29 is 4.79 Å². The van der Waals surface area contributed by atoms with Crippen molar-refractivity contribution in [1.29, 1.82) is 0 Å². The molecule has 0 radical (unpaired) electrons. The van der Waals surface area contributed by atoms with E-state index in [0.717, 1.165) is 31.0 Å². The third-order valence-corrected chi connectivity index (χ3v) is 4.74. The second-order valence-corrected chi connectivity index (χ2v) is 6.33. The van der Waals surface area contributed by atoms with Gasteiger partial charge < -0.3 is 9.80 Å². The Bertz CT molecular complexity index is 741. The van der Waals surface area contributed by atoms with E-state index in [-0.39, 0.29) is 6.03 Å². The Hall–Kier alpha value is -2.28. The molecule has 0 saturated carbocycles. The van der Waals surface area contributed by atoms with E-state index in [4.69, 9.17) is 11.6 Å². The van der Waals surface area contributed by atoms with Gasteiger partial charge in [0.25, 0.3) is 0 Å². The Morgan fingerprint density at radius 3 is 2.78 bits per heavy atom. The number of rotatable bonds is 3. The minimum absolute atomic E-state index is 0.0309. The molecule has 0 aliphatic carbocycles. The Morgan fingerprint density at radius 1 is 1.26 bits per heavy atom. The van der Waals surface area contributed by atoms with Gasteiger partial charge in [0.1, 0.15) is 0 Å². The molecular weight excluding hydrogens is 316 g/mol. The number of aromatic nitrogens is 3. The van der Waals surface area contributed by atoms with Crippen LogP contribution >= 0.6 is 11.6 Å². The SMILES string of the molecule is CN1CCN(c2cnn(C3CN(c4ccncc4Cl)C3)c2)C1=O. The van der Waals surface area contributed by atoms with Crippen LogP contribution in [0.15, 0.2) is 30.9 Å². The maximum absolute atomic E-state index is 12.0. The third kappa shape index (κ3) is 2.41. The van der Waals surface area contributed by atoms with Gasteiger partial charge in [-0.25, -0.2) is 4.79 Å². The lowest BCUT2D eigenvalue weighted by atomic mass is 10.1. The molecule has 2 aliphatic rings. The van der Waals surface area contributed by atoms with Crippen LogP contribution < -0.4 is 9.80 Å². The summed E-state index contributed by atoms with van der Waals surface area (Å²) in [5, 5.41) is 5.09. The highest BCUT2D eigenvalue weighted by Gasteiger charge is 2.32. The molecule has 2 aromatic heterocycles. The Labute approximate surface area is 139 Å². The predicted octanol–water partition coefficient (Wildman–Crippen LogP) is 1.86. The largest absolute Gasteiger partial charge is 0.366 e. The molecular formula is C15H17ClN6O. The number of anilines is 2. The molecule has 4 heterocycles. The summed E-state index contributed by atoms with van der Waals surface area (Å²) in [6.07, 6.45) is 7.12. The summed E-state index contributed by atoms with van der Waals surface area (Å²) in [4.78, 5) is 21.7. The van der Waals surface area contributed by atoms with Crippen LogP contribution in [0.1, 0.15) is 6.04 Å². The Balaban J connectivity index is 1.44. The number of nitrogens with zero attached hydrogens (tertiary/aromatic N) is 6. The lowest BCUT2D eigenvalue weighted by Gasteiger charge is -2.41. The fourth-order valence-corrected chi connectivity index (χ4v) is 3.24. The van der Waals surface area contributed by atoms with Crippen molar-refractivity contribution in [2.45, 2.75) is 6.04 Å². The molecule has 2 aromatic rings. The van der Waals surface area contributed by atoms with Crippen LogP contribution in [0.3, 0.4) is 0 Å². The third-order valence-electron chi connectivity index (χ3n) is 4.44. The van der Waals surface area contributed by atoms with E-state index in [1.54, 1.807) is 28.4 Å². The number of carbonyl (C=O) groups excluding carboxylic acids is 1. The standard InChI is InChI=1S/C15H17ClN6O/c1-19-4-5-21(15(19)23)11-6-18-22(10-11)12-8-20(9-12)14-2-3-17-7-13(14)16/h2-3,6-7,10,12H,4-5,8-9H2,1H3. The molecule has 0 N–H and O–H groups in total. The van der Waals surface area contributed by atoms with Crippen LogP contribution in [0, 0.1) is 0 Å². The molecule has 23 heavy (non-hydrogen) atoms. The van der Waals surface area contributed by atoms with E-state index in [2.05, 4.69) is 15.0 Å². The van der Waals surface area contributed by atoms with E-state index in [9.17, 15) is 4.79 Å². The minimum Gasteiger partial charge on any atom is -0.366 e. The van der Waals surface area contributed by atoms with Crippen molar-refractivity contribution in [3.8, 4) is 0 Å². The van der Waals surface area contributed by atoms with Gasteiger partial charge in [0.2, 0.25) is 0 Å². The van der Waals surface area contributed by atoms with Gasteiger partial charge in [0, 0.05) is 51.8 Å². The fraction of sp³-hybridized carbons (Fsp3) is 0.400. The number of pyridine rings is 1. The van der Waals surface area contributed by atoms with Crippen LogP contribution in [0.25, 0.3) is 0 Å². The predicted molar refractivity (Wildman–Crippen MR) is 88.1 cm³/mol. The molecule has 2 saturated heterocycles. The highest BCUT2D eigenvalue weighted by molar-refractivity contribution is 6.33. The summed E-state index contributed by atoms with van der Waals surface area (Å²) in [6, 6.07) is 2.25. The normalized spacial score (nSPS) is 18.7. The first-order chi connectivity index (χ1) is 11.1. The van der Waals surface area contributed by atoms with Gasteiger partial charge in [-0.1, -0.05) is 11.6 Å². The molecule has 2 aliphatic heterocycles. The number of hydrogen-bond acceptors (Lipinski definition) is 4. The zero-order chi connectivity index (χ0) is 16.0. The van der Waals surface area contributed by atoms with Crippen LogP contribution in [0.5, 0.6) is 0 Å². The summed E-state index contributed by atoms with van der Waals surface area (Å²) >= 11 is 6.17. The first-order valence-corrected chi connectivity index (χ1v) is 7.92. The van der Waals surface area contributed by atoms with Crippen LogP contribution in [-0.2, 0) is 0 Å². The van der Waals surface area contributed by atoms with E-state index < -0.39 is 0 Å². The number of hydrogen-bond donors (Lipinski definition) is 0. The van der Waals surface area contributed by atoms with Crippen molar-refractivity contribution in [3.05, 3.63) is 35.9 Å². The molecule has 120 valence electrons. The first-order valence-electron chi connectivity index (χ1n) is 7.55. The van der Waals surface area contributed by atoms with Gasteiger partial charge in [-0.05, 0) is 6.07 Å². The van der Waals surface area contributed by atoms with Crippen molar-refractivity contribution >= 4 is 29.0 Å². The highest BCUT2D eigenvalue weighted by atomic mass is 35.5. The highest BCUT2D eigenvalue weighted by Crippen LogP contribution is 2.33. The lowest BCUT2D eigenvalue weighted by Crippen LogP contribution is -2.48. The van der Waals surface area contributed by atoms with Gasteiger partial charge >= 0.3 is 6.03 Å². The number of urea groups is 1. The lowest BCUT2D eigenvalue weighted by molar-refractivity contribution is 0.229. The molecule has 8 heteroatoms. The Kier molecular flexibility index (Phi) is 3.37. The van der Waals surface area contributed by atoms with Gasteiger partial charge in [0.05, 0.1) is 28.6 Å². The fourth-order valence-electron chi connectivity index (χ4n) is 3.00. The molecule has 0 unspecified atom stereocenters. The van der Waals surface area contributed by atoms with Gasteiger partial charge in [0.15, 0.2) is 0 Å². The molecule has 0 aromatic carbocycles. The number of likely N-dealkylation sites (N-methyl/N-ethyl adjacent to an activating group) is 1. The summed E-state index contributed by atoms with van der Waals surface area (Å²) in [5.41, 5.74) is 1.86. The zero-order valence-corrected chi connectivity index (χ0v) is 13.5. The smallest absolute Gasteiger partial charge is 0.324 e. The molecule has 0 atom stereocenters. The quantitative estimate of drug-likeness (QED) is 0.861. The van der Waals surface area contributed by atoms with Crippen molar-refractivity contribution in [2.24, 2.45) is 0 Å². The van der Waals surface area contributed by atoms with E-state index in [1.165, 1.54) is 0 Å². The topological polar surface area (TPSA) is 57.5 Å². The van der Waals surface area contributed by atoms with E-state index >= 15 is 0 Å². The zero-order valence-electron chi connectivity index (χ0n) is 12.8. The maximum Gasteiger partial charge on any atom is 0.324 e. The molecule has 7 nitrogen and oxygen atoms in total. The summed E-state index contributed by atoms with van der Waals surface area (Å²) in [7, 11) is 1.81. The van der Waals surface area contributed by atoms with E-state index in [0.29, 0.717) is 17.6 Å². The monoisotopic (exact) mass is 332 g/mol. The summed E-state index contributed by atoms with van der Waals surface area (Å²) in [6.45, 7) is 3.16. The number of amides is 2. The van der Waals surface area contributed by atoms with Crippen LogP contribution in [-0.4, -0.2) is 58.9 Å². The van der Waals surface area contributed by atoms with Gasteiger partial charge in [-0.3, -0.25) is 14.6 Å². The van der Waals surface area contributed by atoms with Crippen molar-refractivity contribution in [2.75, 3.05) is 43.0 Å². The Morgan fingerprint density at radius 2 is 2.09 bits per heavy atom. The van der Waals surface area contributed by atoms with Crippen molar-refractivity contribution in [3.63, 3.8) is 0 Å². The average molecular weight is 333 g/mol. The van der Waals surface area contributed by atoms with Crippen molar-refractivity contribution in [1.82, 2.24) is 19.7 Å². The molecule has 0 spiro atoms. The second-order valence-electron chi connectivity index (χ2n) is 5.92. The molecule has 0 bridgehead atoms. The average Bonchev–Trinajstić information content (AvgIpc) is 3.08.